The van der Waals surface area contributed by atoms with Gasteiger partial charge in [0.05, 0.1) is 18.4 Å². The van der Waals surface area contributed by atoms with Crippen LogP contribution in [-0.4, -0.2) is 22.2 Å². The van der Waals surface area contributed by atoms with E-state index in [0.29, 0.717) is 5.82 Å². The minimum Gasteiger partial charge on any atom is -0.308 e. The van der Waals surface area contributed by atoms with Gasteiger partial charge >= 0.3 is 0 Å². The van der Waals surface area contributed by atoms with Crippen molar-refractivity contribution in [2.75, 3.05) is 11.9 Å². The number of benzene rings is 2. The van der Waals surface area contributed by atoms with Gasteiger partial charge in [-0.25, -0.2) is 9.07 Å². The van der Waals surface area contributed by atoms with Crippen LogP contribution >= 0.6 is 0 Å². The lowest BCUT2D eigenvalue weighted by molar-refractivity contribution is -0.115. The Morgan fingerprint density at radius 3 is 2.74 bits per heavy atom. The average Bonchev–Trinajstić information content (AvgIpc) is 3.09. The first kappa shape index (κ1) is 18.3. The first-order valence-electron chi connectivity index (χ1n) is 8.40. The van der Waals surface area contributed by atoms with Crippen molar-refractivity contribution in [2.24, 2.45) is 0 Å². The standard InChI is InChI=1S/C20H18FN5O/c1-14(15-6-5-7-17(21)10-15)23-13-19(27)25-20-16(11-22)12-24-26(20)18-8-3-2-4-9-18/h2-10,12,14,23H,13H2,1H3,(H,25,27)/t14-/m0/s1. The Morgan fingerprint density at radius 2 is 2.04 bits per heavy atom. The molecule has 0 aliphatic heterocycles. The molecule has 0 saturated carbocycles. The molecule has 1 atom stereocenters. The molecule has 6 nitrogen and oxygen atoms in total. The van der Waals surface area contributed by atoms with Crippen LogP contribution in [0.25, 0.3) is 5.69 Å². The third-order valence-electron chi connectivity index (χ3n) is 4.07. The summed E-state index contributed by atoms with van der Waals surface area (Å²) < 4.78 is 14.8. The average molecular weight is 363 g/mol. The van der Waals surface area contributed by atoms with E-state index in [0.717, 1.165) is 11.3 Å². The van der Waals surface area contributed by atoms with E-state index in [9.17, 15) is 14.4 Å². The highest BCUT2D eigenvalue weighted by molar-refractivity contribution is 5.93. The Bertz CT molecular complexity index is 978. The maximum Gasteiger partial charge on any atom is 0.239 e. The lowest BCUT2D eigenvalue weighted by Gasteiger charge is -2.15. The molecule has 1 amide bonds. The molecular weight excluding hydrogens is 345 g/mol. The molecule has 0 aliphatic carbocycles. The molecule has 0 saturated heterocycles. The zero-order valence-electron chi connectivity index (χ0n) is 14.7. The van der Waals surface area contributed by atoms with Crippen LogP contribution in [0.1, 0.15) is 24.1 Å². The van der Waals surface area contributed by atoms with Crippen molar-refractivity contribution in [3.63, 3.8) is 0 Å². The van der Waals surface area contributed by atoms with E-state index in [1.165, 1.54) is 23.0 Å². The largest absolute Gasteiger partial charge is 0.308 e. The van der Waals surface area contributed by atoms with Gasteiger partial charge in [-0.3, -0.25) is 4.79 Å². The maximum absolute atomic E-state index is 13.3. The van der Waals surface area contributed by atoms with Crippen LogP contribution in [-0.2, 0) is 4.79 Å². The Hall–Kier alpha value is -3.50. The second kappa shape index (κ2) is 8.25. The summed E-state index contributed by atoms with van der Waals surface area (Å²) in [7, 11) is 0. The Kier molecular flexibility index (Phi) is 5.59. The highest BCUT2D eigenvalue weighted by Gasteiger charge is 2.16. The monoisotopic (exact) mass is 363 g/mol. The topological polar surface area (TPSA) is 82.7 Å². The van der Waals surface area contributed by atoms with Crippen molar-refractivity contribution in [1.82, 2.24) is 15.1 Å². The first-order chi connectivity index (χ1) is 13.1. The predicted molar refractivity (Wildman–Crippen MR) is 99.7 cm³/mol. The minimum absolute atomic E-state index is 0.00250. The quantitative estimate of drug-likeness (QED) is 0.705. The highest BCUT2D eigenvalue weighted by atomic mass is 19.1. The van der Waals surface area contributed by atoms with Crippen molar-refractivity contribution < 1.29 is 9.18 Å². The number of anilines is 1. The van der Waals surface area contributed by atoms with Crippen LogP contribution in [0.5, 0.6) is 0 Å². The zero-order valence-corrected chi connectivity index (χ0v) is 14.7. The second-order valence-electron chi connectivity index (χ2n) is 5.97. The molecule has 1 heterocycles. The Balaban J connectivity index is 1.69. The fourth-order valence-corrected chi connectivity index (χ4v) is 2.63. The number of nitrogens with zero attached hydrogens (tertiary/aromatic N) is 3. The summed E-state index contributed by atoms with van der Waals surface area (Å²) in [5.41, 5.74) is 1.75. The van der Waals surface area contributed by atoms with Gasteiger partial charge in [-0.05, 0) is 36.8 Å². The van der Waals surface area contributed by atoms with E-state index in [2.05, 4.69) is 15.7 Å². The SMILES string of the molecule is C[C@H](NCC(=O)Nc1c(C#N)cnn1-c1ccccc1)c1cccc(F)c1. The van der Waals surface area contributed by atoms with Gasteiger partial charge in [0.15, 0.2) is 5.82 Å². The second-order valence-corrected chi connectivity index (χ2v) is 5.97. The number of para-hydroxylation sites is 1. The van der Waals surface area contributed by atoms with Crippen molar-refractivity contribution >= 4 is 11.7 Å². The van der Waals surface area contributed by atoms with Gasteiger partial charge in [-0.1, -0.05) is 30.3 Å². The van der Waals surface area contributed by atoms with Gasteiger partial charge in [0.1, 0.15) is 17.4 Å². The zero-order chi connectivity index (χ0) is 19.2. The summed E-state index contributed by atoms with van der Waals surface area (Å²) in [6, 6.07) is 17.2. The van der Waals surface area contributed by atoms with E-state index >= 15 is 0 Å². The molecule has 0 spiro atoms. The lowest BCUT2D eigenvalue weighted by atomic mass is 10.1. The van der Waals surface area contributed by atoms with Gasteiger partial charge in [0, 0.05) is 6.04 Å². The summed E-state index contributed by atoms with van der Waals surface area (Å²) in [5, 5.41) is 19.2. The molecule has 136 valence electrons. The smallest absolute Gasteiger partial charge is 0.239 e. The molecule has 3 rings (SSSR count). The summed E-state index contributed by atoms with van der Waals surface area (Å²) in [5.74, 6) is -0.336. The van der Waals surface area contributed by atoms with Crippen LogP contribution in [0.4, 0.5) is 10.2 Å². The van der Waals surface area contributed by atoms with E-state index in [1.54, 1.807) is 12.1 Å². The number of amides is 1. The number of hydrogen-bond donors (Lipinski definition) is 2. The van der Waals surface area contributed by atoms with Crippen molar-refractivity contribution in [3.8, 4) is 11.8 Å². The van der Waals surface area contributed by atoms with Crippen LogP contribution < -0.4 is 10.6 Å². The fraction of sp³-hybridized carbons (Fsp3) is 0.150. The summed E-state index contributed by atoms with van der Waals surface area (Å²) in [4.78, 5) is 12.4. The number of hydrogen-bond acceptors (Lipinski definition) is 4. The molecule has 0 fully saturated rings. The number of carbonyl (C=O) groups is 1. The van der Waals surface area contributed by atoms with Gasteiger partial charge in [0.2, 0.25) is 5.91 Å². The van der Waals surface area contributed by atoms with Gasteiger partial charge in [0.25, 0.3) is 0 Å². The number of halogens is 1. The lowest BCUT2D eigenvalue weighted by Crippen LogP contribution is -2.31. The molecule has 0 unspecified atom stereocenters. The Morgan fingerprint density at radius 1 is 1.26 bits per heavy atom. The van der Waals surface area contributed by atoms with Crippen LogP contribution in [0.15, 0.2) is 60.8 Å². The van der Waals surface area contributed by atoms with Crippen molar-refractivity contribution in [3.05, 3.63) is 77.7 Å². The number of aromatic nitrogens is 2. The molecular formula is C20H18FN5O. The number of carbonyl (C=O) groups excluding carboxylic acids is 1. The molecule has 7 heteroatoms. The van der Waals surface area contributed by atoms with Crippen LogP contribution in [0.3, 0.4) is 0 Å². The van der Waals surface area contributed by atoms with Crippen LogP contribution in [0.2, 0.25) is 0 Å². The highest BCUT2D eigenvalue weighted by Crippen LogP contribution is 2.19. The normalized spacial score (nSPS) is 11.6. The molecule has 3 aromatic rings. The van der Waals surface area contributed by atoms with Gasteiger partial charge in [-0.15, -0.1) is 0 Å². The molecule has 2 N–H and O–H groups in total. The minimum atomic E-state index is -0.326. The van der Waals surface area contributed by atoms with E-state index < -0.39 is 0 Å². The first-order valence-corrected chi connectivity index (χ1v) is 8.40. The summed E-state index contributed by atoms with van der Waals surface area (Å²) in [6.07, 6.45) is 1.41. The molecule has 0 radical (unpaired) electrons. The maximum atomic E-state index is 13.3. The summed E-state index contributed by atoms with van der Waals surface area (Å²) >= 11 is 0. The number of nitrogens with one attached hydrogen (secondary N) is 2. The van der Waals surface area contributed by atoms with Gasteiger partial charge < -0.3 is 10.6 Å². The Labute approximate surface area is 156 Å². The van der Waals surface area contributed by atoms with Crippen LogP contribution in [0, 0.1) is 17.1 Å². The number of rotatable bonds is 6. The molecule has 0 bridgehead atoms. The summed E-state index contributed by atoms with van der Waals surface area (Å²) in [6.45, 7) is 1.85. The van der Waals surface area contributed by atoms with E-state index in [4.69, 9.17) is 0 Å². The molecule has 1 aromatic heterocycles. The van der Waals surface area contributed by atoms with Gasteiger partial charge in [-0.2, -0.15) is 10.4 Å². The van der Waals surface area contributed by atoms with E-state index in [1.807, 2.05) is 43.3 Å². The fourth-order valence-electron chi connectivity index (χ4n) is 2.63. The third-order valence-corrected chi connectivity index (χ3v) is 4.07. The number of nitriles is 1. The van der Waals surface area contributed by atoms with Crippen molar-refractivity contribution in [2.45, 2.75) is 13.0 Å². The van der Waals surface area contributed by atoms with E-state index in [-0.39, 0.29) is 29.9 Å². The molecule has 0 aliphatic rings. The molecule has 2 aromatic carbocycles. The van der Waals surface area contributed by atoms with Crippen molar-refractivity contribution in [1.29, 1.82) is 5.26 Å². The molecule has 27 heavy (non-hydrogen) atoms. The third kappa shape index (κ3) is 4.37. The predicted octanol–water partition coefficient (Wildman–Crippen LogP) is 3.17.